The van der Waals surface area contributed by atoms with Crippen molar-refractivity contribution in [3.63, 3.8) is 0 Å². The topological polar surface area (TPSA) is 135 Å². The molecule has 0 aromatic heterocycles. The molecule has 124 valence electrons. The molecule has 0 spiro atoms. The van der Waals surface area contributed by atoms with Gasteiger partial charge in [0, 0.05) is 7.11 Å². The summed E-state index contributed by atoms with van der Waals surface area (Å²) in [6.07, 6.45) is -6.69. The third kappa shape index (κ3) is 3.49. The van der Waals surface area contributed by atoms with Gasteiger partial charge < -0.3 is 40.4 Å². The van der Waals surface area contributed by atoms with E-state index in [2.05, 4.69) is 0 Å². The highest BCUT2D eigenvalue weighted by molar-refractivity contribution is 5.54. The van der Waals surface area contributed by atoms with Crippen molar-refractivity contribution in [3.8, 4) is 5.75 Å². The highest BCUT2D eigenvalue weighted by Crippen LogP contribution is 2.28. The van der Waals surface area contributed by atoms with Crippen molar-refractivity contribution in [2.75, 3.05) is 19.5 Å². The van der Waals surface area contributed by atoms with Crippen molar-refractivity contribution in [2.45, 2.75) is 37.3 Å². The molecular formula is C14H21NO7. The molecule has 1 aliphatic rings. The van der Waals surface area contributed by atoms with Crippen LogP contribution in [0.3, 0.4) is 0 Å². The number of aliphatic hydroxyl groups is 4. The van der Waals surface area contributed by atoms with Crippen LogP contribution in [0.2, 0.25) is 0 Å². The second kappa shape index (κ2) is 7.23. The second-order valence-corrected chi connectivity index (χ2v) is 5.12. The first-order valence-electron chi connectivity index (χ1n) is 6.82. The number of hydrogen-bond acceptors (Lipinski definition) is 8. The third-order valence-electron chi connectivity index (χ3n) is 3.48. The summed E-state index contributed by atoms with van der Waals surface area (Å²) in [6.45, 7) is -0.127. The average Bonchev–Trinajstić information content (AvgIpc) is 2.50. The Morgan fingerprint density at radius 2 is 1.91 bits per heavy atom. The van der Waals surface area contributed by atoms with Gasteiger partial charge in [-0.25, -0.2) is 0 Å². The number of aliphatic hydroxyl groups excluding tert-OH is 4. The van der Waals surface area contributed by atoms with Crippen molar-refractivity contribution in [3.05, 3.63) is 23.8 Å². The molecule has 1 aromatic rings. The molecule has 22 heavy (non-hydrogen) atoms. The molecule has 8 nitrogen and oxygen atoms in total. The molecule has 1 aliphatic heterocycles. The Hall–Kier alpha value is -1.42. The van der Waals surface area contributed by atoms with Crippen LogP contribution >= 0.6 is 0 Å². The van der Waals surface area contributed by atoms with Gasteiger partial charge in [0.15, 0.2) is 0 Å². The van der Waals surface area contributed by atoms with Crippen LogP contribution in [0.25, 0.3) is 0 Å². The van der Waals surface area contributed by atoms with E-state index in [1.807, 2.05) is 0 Å². The van der Waals surface area contributed by atoms with Gasteiger partial charge in [-0.15, -0.1) is 0 Å². The van der Waals surface area contributed by atoms with Gasteiger partial charge in [-0.3, -0.25) is 0 Å². The number of ether oxygens (including phenoxy) is 3. The van der Waals surface area contributed by atoms with Crippen molar-refractivity contribution in [2.24, 2.45) is 0 Å². The van der Waals surface area contributed by atoms with Crippen molar-refractivity contribution >= 4 is 5.69 Å². The van der Waals surface area contributed by atoms with Crippen LogP contribution in [0, 0.1) is 0 Å². The van der Waals surface area contributed by atoms with E-state index < -0.39 is 37.3 Å². The van der Waals surface area contributed by atoms with E-state index in [0.717, 1.165) is 5.56 Å². The van der Waals surface area contributed by atoms with Crippen molar-refractivity contribution in [1.29, 1.82) is 0 Å². The minimum Gasteiger partial charge on any atom is -0.460 e. The van der Waals surface area contributed by atoms with Crippen LogP contribution in [0.5, 0.6) is 5.75 Å². The van der Waals surface area contributed by atoms with Crippen LogP contribution in [-0.4, -0.2) is 64.8 Å². The summed E-state index contributed by atoms with van der Waals surface area (Å²) in [5.74, 6) is 0.254. The molecule has 1 saturated heterocycles. The fourth-order valence-corrected chi connectivity index (χ4v) is 2.25. The maximum atomic E-state index is 9.91. The Kier molecular flexibility index (Phi) is 5.57. The Bertz CT molecular complexity index is 496. The van der Waals surface area contributed by atoms with E-state index in [1.165, 1.54) is 0 Å². The third-order valence-corrected chi connectivity index (χ3v) is 3.48. The predicted octanol–water partition coefficient (Wildman–Crippen LogP) is -1.41. The molecule has 6 N–H and O–H groups in total. The number of methoxy groups -OCH3 is 1. The fraction of sp³-hybridized carbons (Fsp3) is 0.571. The second-order valence-electron chi connectivity index (χ2n) is 5.12. The van der Waals surface area contributed by atoms with E-state index in [4.69, 9.17) is 25.1 Å². The van der Waals surface area contributed by atoms with Gasteiger partial charge in [-0.05, 0) is 17.7 Å². The lowest BCUT2D eigenvalue weighted by Crippen LogP contribution is -2.60. The molecule has 0 radical (unpaired) electrons. The minimum absolute atomic E-state index is 0.254. The number of nitrogen functional groups attached to an aromatic ring is 1. The molecule has 8 heteroatoms. The van der Waals surface area contributed by atoms with E-state index in [0.29, 0.717) is 12.3 Å². The van der Waals surface area contributed by atoms with Gasteiger partial charge in [0.05, 0.1) is 18.9 Å². The van der Waals surface area contributed by atoms with Gasteiger partial charge in [0.25, 0.3) is 0 Å². The van der Waals surface area contributed by atoms with E-state index in [-0.39, 0.29) is 5.75 Å². The standard InChI is InChI=1S/C14H21NO7/c1-20-6-7-2-3-9(8(15)4-7)21-14-13(19)12(18)11(17)10(5-16)22-14/h2-4,10-14,16-19H,5-6,15H2,1H3. The first-order valence-corrected chi connectivity index (χ1v) is 6.82. The lowest BCUT2D eigenvalue weighted by Gasteiger charge is -2.39. The maximum absolute atomic E-state index is 9.91. The maximum Gasteiger partial charge on any atom is 0.229 e. The molecule has 1 fully saturated rings. The molecule has 5 unspecified atom stereocenters. The molecule has 5 atom stereocenters. The van der Waals surface area contributed by atoms with Crippen molar-refractivity contribution in [1.82, 2.24) is 0 Å². The molecule has 1 heterocycles. The molecule has 0 saturated carbocycles. The summed E-state index contributed by atoms with van der Waals surface area (Å²) in [6, 6.07) is 4.98. The van der Waals surface area contributed by atoms with E-state index in [1.54, 1.807) is 25.3 Å². The number of nitrogens with two attached hydrogens (primary N) is 1. The van der Waals surface area contributed by atoms with Gasteiger partial charge in [-0.1, -0.05) is 6.07 Å². The Morgan fingerprint density at radius 1 is 1.18 bits per heavy atom. The van der Waals surface area contributed by atoms with Gasteiger partial charge in [-0.2, -0.15) is 0 Å². The highest BCUT2D eigenvalue weighted by Gasteiger charge is 2.44. The van der Waals surface area contributed by atoms with Crippen LogP contribution in [-0.2, 0) is 16.1 Å². The number of benzene rings is 1. The smallest absolute Gasteiger partial charge is 0.229 e. The highest BCUT2D eigenvalue weighted by atomic mass is 16.7. The lowest BCUT2D eigenvalue weighted by atomic mass is 9.99. The molecule has 1 aromatic carbocycles. The number of anilines is 1. The van der Waals surface area contributed by atoms with E-state index in [9.17, 15) is 15.3 Å². The molecular weight excluding hydrogens is 294 g/mol. The minimum atomic E-state index is -1.50. The van der Waals surface area contributed by atoms with Gasteiger partial charge >= 0.3 is 0 Å². The Balaban J connectivity index is 2.12. The Morgan fingerprint density at radius 3 is 2.50 bits per heavy atom. The van der Waals surface area contributed by atoms with Crippen LogP contribution in [0.1, 0.15) is 5.56 Å². The molecule has 2 rings (SSSR count). The first kappa shape index (κ1) is 16.9. The van der Waals surface area contributed by atoms with E-state index >= 15 is 0 Å². The quantitative estimate of drug-likeness (QED) is 0.419. The van der Waals surface area contributed by atoms with Crippen LogP contribution in [0.15, 0.2) is 18.2 Å². The predicted molar refractivity (Wildman–Crippen MR) is 76.0 cm³/mol. The number of rotatable bonds is 5. The molecule has 0 aliphatic carbocycles. The summed E-state index contributed by atoms with van der Waals surface area (Å²) >= 11 is 0. The summed E-state index contributed by atoms with van der Waals surface area (Å²) in [4.78, 5) is 0. The zero-order chi connectivity index (χ0) is 16.3. The van der Waals surface area contributed by atoms with Crippen molar-refractivity contribution < 1.29 is 34.6 Å². The summed E-state index contributed by atoms with van der Waals surface area (Å²) in [7, 11) is 1.56. The van der Waals surface area contributed by atoms with Crippen LogP contribution in [0.4, 0.5) is 5.69 Å². The fourth-order valence-electron chi connectivity index (χ4n) is 2.25. The number of hydrogen-bond donors (Lipinski definition) is 5. The van der Waals surface area contributed by atoms with Gasteiger partial charge in [0.2, 0.25) is 6.29 Å². The molecule has 0 bridgehead atoms. The Labute approximate surface area is 127 Å². The summed E-state index contributed by atoms with van der Waals surface area (Å²) < 4.78 is 15.7. The zero-order valence-electron chi connectivity index (χ0n) is 12.1. The largest absolute Gasteiger partial charge is 0.460 e. The summed E-state index contributed by atoms with van der Waals surface area (Å²) in [5.41, 5.74) is 7.02. The summed E-state index contributed by atoms with van der Waals surface area (Å²) in [5, 5.41) is 38.5. The SMILES string of the molecule is COCc1ccc(OC2OC(CO)C(O)C(O)C2O)c(N)c1. The lowest BCUT2D eigenvalue weighted by molar-refractivity contribution is -0.277. The monoisotopic (exact) mass is 315 g/mol. The first-order chi connectivity index (χ1) is 10.5. The average molecular weight is 315 g/mol. The zero-order valence-corrected chi connectivity index (χ0v) is 12.1. The normalized spacial score (nSPS) is 32.0. The van der Waals surface area contributed by atoms with Crippen LogP contribution < -0.4 is 10.5 Å². The van der Waals surface area contributed by atoms with Gasteiger partial charge in [0.1, 0.15) is 30.2 Å². The molecule has 0 amide bonds.